The van der Waals surface area contributed by atoms with Crippen molar-refractivity contribution >= 4 is 11.8 Å². The molecule has 0 amide bonds. The topological polar surface area (TPSA) is 27.0 Å². The molecule has 2 nitrogen and oxygen atoms in total. The van der Waals surface area contributed by atoms with E-state index in [1.54, 1.807) is 0 Å². The van der Waals surface area contributed by atoms with E-state index in [4.69, 9.17) is 5.26 Å². The fourth-order valence-electron chi connectivity index (χ4n) is 2.08. The van der Waals surface area contributed by atoms with Crippen LogP contribution in [0.2, 0.25) is 0 Å². The van der Waals surface area contributed by atoms with Crippen molar-refractivity contribution in [2.75, 3.05) is 6.54 Å². The minimum atomic E-state index is 0.747. The van der Waals surface area contributed by atoms with Crippen LogP contribution in [0.3, 0.4) is 0 Å². The molecule has 0 spiro atoms. The minimum Gasteiger partial charge on any atom is -0.344 e. The quantitative estimate of drug-likeness (QED) is 0.652. The lowest BCUT2D eigenvalue weighted by Gasteiger charge is -2.29. The van der Waals surface area contributed by atoms with E-state index in [0.29, 0.717) is 0 Å². The minimum absolute atomic E-state index is 0.747. The number of rotatable bonds is 0. The third kappa shape index (κ3) is 1.26. The normalized spacial score (nSPS) is 16.8. The van der Waals surface area contributed by atoms with Crippen LogP contribution in [0.5, 0.6) is 0 Å². The van der Waals surface area contributed by atoms with Crippen LogP contribution >= 0.6 is 0 Å². The number of hydrogen-bond acceptors (Lipinski definition) is 2. The zero-order chi connectivity index (χ0) is 11.0. The second-order valence-electron chi connectivity index (χ2n) is 3.86. The second-order valence-corrected chi connectivity index (χ2v) is 3.86. The summed E-state index contributed by atoms with van der Waals surface area (Å²) >= 11 is 0. The van der Waals surface area contributed by atoms with Gasteiger partial charge in [0.2, 0.25) is 0 Å². The molecule has 0 unspecified atom stereocenters. The van der Waals surface area contributed by atoms with Gasteiger partial charge in [-0.2, -0.15) is 5.26 Å². The van der Waals surface area contributed by atoms with Gasteiger partial charge in [0.25, 0.3) is 0 Å². The number of nitrogens with zero attached hydrogens (tertiary/aromatic N) is 2. The molecule has 76 valence electrons. The van der Waals surface area contributed by atoms with Crippen molar-refractivity contribution in [3.8, 4) is 6.07 Å². The fraction of sp³-hybridized carbons (Fsp3) is 0.0714. The summed E-state index contributed by atoms with van der Waals surface area (Å²) in [6, 6.07) is 10.4. The summed E-state index contributed by atoms with van der Waals surface area (Å²) < 4.78 is 0. The molecule has 0 N–H and O–H groups in total. The highest BCUT2D eigenvalue weighted by Crippen LogP contribution is 2.31. The van der Waals surface area contributed by atoms with Gasteiger partial charge in [-0.3, -0.25) is 0 Å². The first-order valence-electron chi connectivity index (χ1n) is 5.25. The standard InChI is InChI=1S/C14H10N2/c15-10-11-5-7-16-8-6-12-3-1-2-4-13(12)14(16)9-11/h1-6,8-9H,7H2. The molecular weight excluding hydrogens is 196 g/mol. The highest BCUT2D eigenvalue weighted by atomic mass is 15.1. The molecule has 0 aromatic heterocycles. The molecule has 3 rings (SSSR count). The molecule has 0 radical (unpaired) electrons. The van der Waals surface area contributed by atoms with Gasteiger partial charge >= 0.3 is 0 Å². The lowest BCUT2D eigenvalue weighted by atomic mass is 9.97. The summed E-state index contributed by atoms with van der Waals surface area (Å²) in [7, 11) is 0. The molecule has 0 saturated heterocycles. The van der Waals surface area contributed by atoms with Gasteiger partial charge in [-0.15, -0.1) is 0 Å². The van der Waals surface area contributed by atoms with E-state index >= 15 is 0 Å². The highest BCUT2D eigenvalue weighted by molar-refractivity contribution is 5.80. The van der Waals surface area contributed by atoms with Gasteiger partial charge in [0.1, 0.15) is 0 Å². The molecule has 0 aliphatic carbocycles. The van der Waals surface area contributed by atoms with Crippen molar-refractivity contribution < 1.29 is 0 Å². The molecule has 0 bridgehead atoms. The summed E-state index contributed by atoms with van der Waals surface area (Å²) in [5, 5.41) is 8.93. The molecular formula is C14H10N2. The first-order valence-corrected chi connectivity index (χ1v) is 5.25. The van der Waals surface area contributed by atoms with Gasteiger partial charge < -0.3 is 4.90 Å². The van der Waals surface area contributed by atoms with E-state index in [1.165, 1.54) is 11.1 Å². The Bertz CT molecular complexity index is 571. The average Bonchev–Trinajstić information content (AvgIpc) is 2.38. The van der Waals surface area contributed by atoms with Crippen LogP contribution in [0, 0.1) is 11.3 Å². The maximum Gasteiger partial charge on any atom is 0.0989 e. The molecule has 2 heterocycles. The van der Waals surface area contributed by atoms with Crippen molar-refractivity contribution in [1.29, 1.82) is 5.26 Å². The van der Waals surface area contributed by atoms with Crippen molar-refractivity contribution in [2.24, 2.45) is 0 Å². The molecule has 16 heavy (non-hydrogen) atoms. The predicted octanol–water partition coefficient (Wildman–Crippen LogP) is 2.78. The predicted molar refractivity (Wildman–Crippen MR) is 63.9 cm³/mol. The third-order valence-electron chi connectivity index (χ3n) is 2.91. The van der Waals surface area contributed by atoms with Crippen molar-refractivity contribution in [2.45, 2.75) is 0 Å². The van der Waals surface area contributed by atoms with Crippen LogP contribution in [0.1, 0.15) is 11.1 Å². The summed E-state index contributed by atoms with van der Waals surface area (Å²) in [6.45, 7) is 0.777. The smallest absolute Gasteiger partial charge is 0.0989 e. The van der Waals surface area contributed by atoms with Crippen molar-refractivity contribution in [1.82, 2.24) is 4.90 Å². The first kappa shape index (κ1) is 8.99. The average molecular weight is 206 g/mol. The Kier molecular flexibility index (Phi) is 1.91. The van der Waals surface area contributed by atoms with E-state index in [1.807, 2.05) is 24.3 Å². The fourth-order valence-corrected chi connectivity index (χ4v) is 2.08. The Morgan fingerprint density at radius 2 is 2.12 bits per heavy atom. The summed E-state index contributed by atoms with van der Waals surface area (Å²) in [5.41, 5.74) is 4.28. The lowest BCUT2D eigenvalue weighted by molar-refractivity contribution is 0.585. The van der Waals surface area contributed by atoms with Crippen LogP contribution in [0.15, 0.2) is 48.2 Å². The molecule has 2 aliphatic heterocycles. The van der Waals surface area contributed by atoms with E-state index in [0.717, 1.165) is 17.8 Å². The van der Waals surface area contributed by atoms with Gasteiger partial charge in [0.05, 0.1) is 17.3 Å². The van der Waals surface area contributed by atoms with E-state index in [9.17, 15) is 0 Å². The Labute approximate surface area is 94.4 Å². The Balaban J connectivity index is 2.17. The zero-order valence-electron chi connectivity index (χ0n) is 8.72. The first-order chi connectivity index (χ1) is 7.88. The second kappa shape index (κ2) is 3.39. The van der Waals surface area contributed by atoms with Crippen molar-refractivity contribution in [3.63, 3.8) is 0 Å². The number of fused-ring (bicyclic) bond motifs is 3. The maximum atomic E-state index is 8.93. The third-order valence-corrected chi connectivity index (χ3v) is 2.91. The largest absolute Gasteiger partial charge is 0.344 e. The van der Waals surface area contributed by atoms with Gasteiger partial charge in [-0.05, 0) is 23.8 Å². The maximum absolute atomic E-state index is 8.93. The monoisotopic (exact) mass is 206 g/mol. The molecule has 2 heteroatoms. The summed E-state index contributed by atoms with van der Waals surface area (Å²) in [6.07, 6.45) is 8.07. The number of hydrogen-bond donors (Lipinski definition) is 0. The lowest BCUT2D eigenvalue weighted by Crippen LogP contribution is -2.21. The Morgan fingerprint density at radius 1 is 1.25 bits per heavy atom. The number of benzene rings is 1. The molecule has 0 atom stereocenters. The molecule has 1 aromatic carbocycles. The van der Waals surface area contributed by atoms with Gasteiger partial charge in [-0.25, -0.2) is 0 Å². The van der Waals surface area contributed by atoms with Crippen LogP contribution in [-0.4, -0.2) is 11.4 Å². The van der Waals surface area contributed by atoms with Crippen LogP contribution in [-0.2, 0) is 0 Å². The number of nitriles is 1. The van der Waals surface area contributed by atoms with Crippen LogP contribution in [0.25, 0.3) is 11.8 Å². The zero-order valence-corrected chi connectivity index (χ0v) is 8.72. The summed E-state index contributed by atoms with van der Waals surface area (Å²) in [4.78, 5) is 2.16. The van der Waals surface area contributed by atoms with Gasteiger partial charge in [0.15, 0.2) is 0 Å². The Hall–Kier alpha value is -2.27. The molecule has 1 aromatic rings. The van der Waals surface area contributed by atoms with Crippen LogP contribution in [0.4, 0.5) is 0 Å². The van der Waals surface area contributed by atoms with E-state index in [-0.39, 0.29) is 0 Å². The highest BCUT2D eigenvalue weighted by Gasteiger charge is 2.18. The molecule has 2 aliphatic rings. The molecule has 0 saturated carbocycles. The summed E-state index contributed by atoms with van der Waals surface area (Å²) in [5.74, 6) is 0. The Morgan fingerprint density at radius 3 is 3.00 bits per heavy atom. The number of allylic oxidation sites excluding steroid dienone is 2. The molecule has 0 fully saturated rings. The van der Waals surface area contributed by atoms with Crippen LogP contribution < -0.4 is 0 Å². The van der Waals surface area contributed by atoms with Gasteiger partial charge in [-0.1, -0.05) is 24.3 Å². The van der Waals surface area contributed by atoms with E-state index < -0.39 is 0 Å². The SMILES string of the molecule is N#CC1=CCN2C=Cc3ccccc3C2=C1. The van der Waals surface area contributed by atoms with Crippen molar-refractivity contribution in [3.05, 3.63) is 59.3 Å². The van der Waals surface area contributed by atoms with Gasteiger partial charge in [0, 0.05) is 18.3 Å². The van der Waals surface area contributed by atoms with E-state index in [2.05, 4.69) is 35.4 Å².